The van der Waals surface area contributed by atoms with Crippen molar-refractivity contribution in [2.45, 2.75) is 19.6 Å². The van der Waals surface area contributed by atoms with Gasteiger partial charge >= 0.3 is 0 Å². The van der Waals surface area contributed by atoms with Crippen molar-refractivity contribution in [1.29, 1.82) is 0 Å². The maximum absolute atomic E-state index is 9.32. The average Bonchev–Trinajstić information content (AvgIpc) is 2.76. The summed E-state index contributed by atoms with van der Waals surface area (Å²) in [5.74, 6) is 0. The van der Waals surface area contributed by atoms with Crippen LogP contribution in [0.3, 0.4) is 0 Å². The van der Waals surface area contributed by atoms with E-state index >= 15 is 0 Å². The molecule has 1 atom stereocenters. The third-order valence-corrected chi connectivity index (χ3v) is 3.97. The van der Waals surface area contributed by atoms with Crippen LogP contribution in [0.1, 0.15) is 24.1 Å². The number of aliphatic hydroxyl groups excluding tert-OH is 1. The van der Waals surface area contributed by atoms with Crippen LogP contribution in [0, 0.1) is 0 Å². The summed E-state index contributed by atoms with van der Waals surface area (Å²) in [4.78, 5) is 1.01. The van der Waals surface area contributed by atoms with Crippen molar-refractivity contribution in [3.63, 3.8) is 0 Å². The third-order valence-electron chi connectivity index (χ3n) is 2.68. The second-order valence-corrected chi connectivity index (χ2v) is 5.25. The van der Waals surface area contributed by atoms with Crippen molar-refractivity contribution in [2.75, 3.05) is 0 Å². The van der Waals surface area contributed by atoms with E-state index < -0.39 is 0 Å². The Kier molecular flexibility index (Phi) is 3.84. The van der Waals surface area contributed by atoms with Gasteiger partial charge in [-0.3, -0.25) is 0 Å². The lowest BCUT2D eigenvalue weighted by Gasteiger charge is -2.14. The number of hydrogen-bond acceptors (Lipinski definition) is 3. The summed E-state index contributed by atoms with van der Waals surface area (Å²) in [6.07, 6.45) is 0. The maximum Gasteiger partial charge on any atom is 0.0696 e. The average molecular weight is 268 g/mol. The summed E-state index contributed by atoms with van der Waals surface area (Å²) in [6.45, 7) is 1.95. The first kappa shape index (κ1) is 12.6. The van der Waals surface area contributed by atoms with E-state index in [0.717, 1.165) is 21.6 Å². The van der Waals surface area contributed by atoms with Crippen LogP contribution in [0.2, 0.25) is 5.02 Å². The molecular weight excluding hydrogens is 254 g/mol. The van der Waals surface area contributed by atoms with Gasteiger partial charge in [0.05, 0.1) is 6.61 Å². The van der Waals surface area contributed by atoms with Gasteiger partial charge in [0.1, 0.15) is 0 Å². The largest absolute Gasteiger partial charge is 0.392 e. The Morgan fingerprint density at radius 1 is 1.41 bits per heavy atom. The fraction of sp³-hybridized carbons (Fsp3) is 0.231. The summed E-state index contributed by atoms with van der Waals surface area (Å²) in [7, 11) is 0. The van der Waals surface area contributed by atoms with Gasteiger partial charge in [0, 0.05) is 21.5 Å². The molecule has 0 spiro atoms. The van der Waals surface area contributed by atoms with Crippen LogP contribution < -0.4 is 5.73 Å². The van der Waals surface area contributed by atoms with E-state index in [1.54, 1.807) is 11.3 Å². The first-order chi connectivity index (χ1) is 8.15. The zero-order valence-electron chi connectivity index (χ0n) is 9.48. The molecule has 17 heavy (non-hydrogen) atoms. The molecular formula is C13H14ClNOS. The molecule has 0 aliphatic heterocycles. The van der Waals surface area contributed by atoms with Gasteiger partial charge in [-0.15, -0.1) is 11.3 Å². The molecule has 0 saturated heterocycles. The lowest BCUT2D eigenvalue weighted by atomic mass is 9.99. The molecule has 0 fully saturated rings. The predicted octanol–water partition coefficient (Wildman–Crippen LogP) is 3.58. The lowest BCUT2D eigenvalue weighted by Crippen LogP contribution is -2.07. The van der Waals surface area contributed by atoms with Gasteiger partial charge in [0.25, 0.3) is 0 Å². The van der Waals surface area contributed by atoms with Gasteiger partial charge in [-0.05, 0) is 35.6 Å². The molecule has 4 heteroatoms. The molecule has 1 heterocycles. The van der Waals surface area contributed by atoms with E-state index in [4.69, 9.17) is 17.3 Å². The van der Waals surface area contributed by atoms with Crippen molar-refractivity contribution in [1.82, 2.24) is 0 Å². The van der Waals surface area contributed by atoms with Crippen molar-refractivity contribution in [3.8, 4) is 10.4 Å². The smallest absolute Gasteiger partial charge is 0.0696 e. The Balaban J connectivity index is 2.65. The van der Waals surface area contributed by atoms with E-state index in [2.05, 4.69) is 0 Å². The molecule has 0 aliphatic carbocycles. The van der Waals surface area contributed by atoms with Crippen LogP contribution >= 0.6 is 22.9 Å². The van der Waals surface area contributed by atoms with Gasteiger partial charge in [0.15, 0.2) is 0 Å². The number of aliphatic hydroxyl groups is 1. The second kappa shape index (κ2) is 5.19. The molecule has 90 valence electrons. The topological polar surface area (TPSA) is 46.2 Å². The number of nitrogens with two attached hydrogens (primary N) is 1. The molecule has 1 aromatic heterocycles. The van der Waals surface area contributed by atoms with Gasteiger partial charge in [-0.25, -0.2) is 0 Å². The minimum absolute atomic E-state index is 0.0163. The minimum atomic E-state index is -0.0858. The first-order valence-corrected chi connectivity index (χ1v) is 6.62. The van der Waals surface area contributed by atoms with Gasteiger partial charge in [0.2, 0.25) is 0 Å². The molecule has 1 aromatic carbocycles. The Hall–Kier alpha value is -0.870. The minimum Gasteiger partial charge on any atom is -0.392 e. The SMILES string of the molecule is CC(N)c1cccc(Cl)c1-c1sccc1CO. The molecule has 2 aromatic rings. The monoisotopic (exact) mass is 267 g/mol. The van der Waals surface area contributed by atoms with Crippen LogP contribution in [-0.2, 0) is 6.61 Å². The standard InChI is InChI=1S/C13H14ClNOS/c1-8(15)10-3-2-4-11(14)12(10)13-9(7-16)5-6-17-13/h2-6,8,16H,7,15H2,1H3. The molecule has 3 N–H and O–H groups in total. The zero-order chi connectivity index (χ0) is 12.4. The van der Waals surface area contributed by atoms with Crippen LogP contribution in [0.5, 0.6) is 0 Å². The summed E-state index contributed by atoms with van der Waals surface area (Å²) in [6, 6.07) is 7.55. The quantitative estimate of drug-likeness (QED) is 0.893. The molecule has 2 nitrogen and oxygen atoms in total. The fourth-order valence-corrected chi connectivity index (χ4v) is 3.17. The Bertz CT molecular complexity index is 522. The summed E-state index contributed by atoms with van der Waals surface area (Å²) >= 11 is 7.84. The highest BCUT2D eigenvalue weighted by Crippen LogP contribution is 2.39. The van der Waals surface area contributed by atoms with Crippen molar-refractivity contribution < 1.29 is 5.11 Å². The highest BCUT2D eigenvalue weighted by atomic mass is 35.5. The Morgan fingerprint density at radius 3 is 2.82 bits per heavy atom. The van der Waals surface area contributed by atoms with Crippen molar-refractivity contribution >= 4 is 22.9 Å². The van der Waals surface area contributed by atoms with Gasteiger partial charge in [-0.1, -0.05) is 23.7 Å². The number of thiophene rings is 1. The van der Waals surface area contributed by atoms with Crippen LogP contribution in [0.15, 0.2) is 29.6 Å². The van der Waals surface area contributed by atoms with Crippen LogP contribution in [0.4, 0.5) is 0 Å². The van der Waals surface area contributed by atoms with Crippen LogP contribution in [0.25, 0.3) is 10.4 Å². The first-order valence-electron chi connectivity index (χ1n) is 5.36. The van der Waals surface area contributed by atoms with E-state index in [0.29, 0.717) is 5.02 Å². The molecule has 0 saturated carbocycles. The van der Waals surface area contributed by atoms with E-state index in [1.807, 2.05) is 36.6 Å². The third kappa shape index (κ3) is 2.38. The second-order valence-electron chi connectivity index (χ2n) is 3.93. The number of benzene rings is 1. The number of rotatable bonds is 3. The Labute approximate surface area is 110 Å². The molecule has 2 rings (SSSR count). The predicted molar refractivity (Wildman–Crippen MR) is 73.3 cm³/mol. The van der Waals surface area contributed by atoms with Gasteiger partial charge in [-0.2, -0.15) is 0 Å². The van der Waals surface area contributed by atoms with E-state index in [1.165, 1.54) is 0 Å². The lowest BCUT2D eigenvalue weighted by molar-refractivity contribution is 0.283. The zero-order valence-corrected chi connectivity index (χ0v) is 11.1. The highest BCUT2D eigenvalue weighted by molar-refractivity contribution is 7.13. The van der Waals surface area contributed by atoms with E-state index in [-0.39, 0.29) is 12.6 Å². The van der Waals surface area contributed by atoms with Crippen molar-refractivity contribution in [2.24, 2.45) is 5.73 Å². The summed E-state index contributed by atoms with van der Waals surface area (Å²) < 4.78 is 0. The Morgan fingerprint density at radius 2 is 2.18 bits per heavy atom. The van der Waals surface area contributed by atoms with Crippen molar-refractivity contribution in [3.05, 3.63) is 45.8 Å². The summed E-state index contributed by atoms with van der Waals surface area (Å²) in [5.41, 5.74) is 8.81. The number of halogens is 1. The maximum atomic E-state index is 9.32. The molecule has 1 unspecified atom stereocenters. The normalized spacial score (nSPS) is 12.7. The molecule has 0 bridgehead atoms. The highest BCUT2D eigenvalue weighted by Gasteiger charge is 2.16. The molecule has 0 amide bonds. The van der Waals surface area contributed by atoms with Gasteiger partial charge < -0.3 is 10.8 Å². The number of hydrogen-bond donors (Lipinski definition) is 2. The molecule has 0 radical (unpaired) electrons. The van der Waals surface area contributed by atoms with Crippen LogP contribution in [-0.4, -0.2) is 5.11 Å². The fourth-order valence-electron chi connectivity index (χ4n) is 1.84. The molecule has 0 aliphatic rings. The van der Waals surface area contributed by atoms with E-state index in [9.17, 15) is 5.11 Å². The summed E-state index contributed by atoms with van der Waals surface area (Å²) in [5, 5.41) is 12.0.